The Hall–Kier alpha value is -1.41. The Labute approximate surface area is 142 Å². The highest BCUT2D eigenvalue weighted by molar-refractivity contribution is 7.52. The lowest BCUT2D eigenvalue weighted by molar-refractivity contribution is 0.282. The highest BCUT2D eigenvalue weighted by atomic mass is 31.2. The molecule has 0 bridgehead atoms. The van der Waals surface area contributed by atoms with Crippen LogP contribution in [0.2, 0.25) is 0 Å². The van der Waals surface area contributed by atoms with Gasteiger partial charge in [0.2, 0.25) is 0 Å². The summed E-state index contributed by atoms with van der Waals surface area (Å²) in [6, 6.07) is 22.3. The van der Waals surface area contributed by atoms with Crippen LogP contribution < -0.4 is 0 Å². The van der Waals surface area contributed by atoms with Crippen LogP contribution in [0.15, 0.2) is 66.7 Å². The zero-order valence-electron chi connectivity index (χ0n) is 15.2. The van der Waals surface area contributed by atoms with E-state index in [1.54, 1.807) is 0 Å². The van der Waals surface area contributed by atoms with E-state index in [4.69, 9.17) is 0 Å². The Morgan fingerprint density at radius 3 is 1.17 bits per heavy atom. The van der Waals surface area contributed by atoms with Gasteiger partial charge in [-0.1, -0.05) is 92.6 Å². The first kappa shape index (κ1) is 23.9. The minimum atomic E-state index is -2.65. The first-order valence-corrected chi connectivity index (χ1v) is 9.63. The second kappa shape index (κ2) is 17.0. The van der Waals surface area contributed by atoms with Gasteiger partial charge in [-0.05, 0) is 6.92 Å². The first-order valence-electron chi connectivity index (χ1n) is 7.64. The van der Waals surface area contributed by atoms with Gasteiger partial charge in [-0.2, -0.15) is 0 Å². The summed E-state index contributed by atoms with van der Waals surface area (Å²) in [5.41, 5.74) is 1.32. The van der Waals surface area contributed by atoms with Crippen molar-refractivity contribution in [2.75, 3.05) is 20.9 Å². The third-order valence-electron chi connectivity index (χ3n) is 2.27. The molecule has 3 nitrogen and oxygen atoms in total. The predicted octanol–water partition coefficient (Wildman–Crippen LogP) is 6.20. The van der Waals surface area contributed by atoms with Crippen molar-refractivity contribution in [3.05, 3.63) is 72.3 Å². The summed E-state index contributed by atoms with van der Waals surface area (Å²) in [5, 5.41) is 0. The molecule has 4 heteroatoms. The molecule has 0 aliphatic heterocycles. The van der Waals surface area contributed by atoms with Crippen molar-refractivity contribution < 1.29 is 13.6 Å². The fourth-order valence-corrected chi connectivity index (χ4v) is 1.14. The molecule has 0 aliphatic rings. The van der Waals surface area contributed by atoms with Gasteiger partial charge in [0.15, 0.2) is 0 Å². The van der Waals surface area contributed by atoms with Crippen LogP contribution >= 0.6 is 7.60 Å². The summed E-state index contributed by atoms with van der Waals surface area (Å²) >= 11 is 0. The minimum Gasteiger partial charge on any atom is -0.312 e. The third-order valence-corrected chi connectivity index (χ3v) is 3.60. The van der Waals surface area contributed by atoms with Crippen molar-refractivity contribution >= 4 is 7.60 Å². The highest BCUT2D eigenvalue weighted by Gasteiger charge is 2.08. The zero-order valence-corrected chi connectivity index (χ0v) is 16.1. The van der Waals surface area contributed by atoms with Gasteiger partial charge in [0.1, 0.15) is 0 Å². The smallest absolute Gasteiger partial charge is 0.312 e. The Morgan fingerprint density at radius 1 is 0.783 bits per heavy atom. The Morgan fingerprint density at radius 2 is 1.04 bits per heavy atom. The summed E-state index contributed by atoms with van der Waals surface area (Å²) in [6.07, 6.45) is 1.25. The topological polar surface area (TPSA) is 35.5 Å². The van der Waals surface area contributed by atoms with Crippen LogP contribution in [0.3, 0.4) is 0 Å². The summed E-state index contributed by atoms with van der Waals surface area (Å²) in [4.78, 5) is 0. The second-order valence-electron chi connectivity index (χ2n) is 4.65. The van der Waals surface area contributed by atoms with E-state index < -0.39 is 7.60 Å². The maximum atomic E-state index is 10.5. The molecule has 0 heterocycles. The van der Waals surface area contributed by atoms with Crippen molar-refractivity contribution in [2.45, 2.75) is 27.2 Å². The van der Waals surface area contributed by atoms with Gasteiger partial charge in [-0.3, -0.25) is 4.57 Å². The molecular formula is C19H31O3P. The molecule has 0 N–H and O–H groups in total. The van der Waals surface area contributed by atoms with E-state index in [1.165, 1.54) is 32.9 Å². The average Bonchev–Trinajstić information content (AvgIpc) is 2.59. The molecule has 0 saturated heterocycles. The fraction of sp³-hybridized carbons (Fsp3) is 0.368. The normalized spacial score (nSPS) is 9.13. The Kier molecular flexibility index (Phi) is 17.6. The number of rotatable bonds is 2. The van der Waals surface area contributed by atoms with E-state index >= 15 is 0 Å². The SMILES string of the molecule is CCC.COP(C)(=O)OC.Cc1ccccc1.c1ccccc1. The molecule has 0 unspecified atom stereocenters. The van der Waals surface area contributed by atoms with Crippen LogP contribution in [0.25, 0.3) is 0 Å². The van der Waals surface area contributed by atoms with Crippen LogP contribution in [0.4, 0.5) is 0 Å². The molecular weight excluding hydrogens is 307 g/mol. The molecule has 2 rings (SSSR count). The van der Waals surface area contributed by atoms with Crippen molar-refractivity contribution in [3.63, 3.8) is 0 Å². The molecule has 0 atom stereocenters. The van der Waals surface area contributed by atoms with Crippen molar-refractivity contribution in [1.82, 2.24) is 0 Å². The van der Waals surface area contributed by atoms with Crippen LogP contribution in [0, 0.1) is 6.92 Å². The molecule has 0 aliphatic carbocycles. The van der Waals surface area contributed by atoms with E-state index in [2.05, 4.69) is 42.0 Å². The Bertz CT molecular complexity index is 452. The second-order valence-corrected chi connectivity index (χ2v) is 6.93. The van der Waals surface area contributed by atoms with E-state index in [9.17, 15) is 4.57 Å². The van der Waals surface area contributed by atoms with Gasteiger partial charge in [0, 0.05) is 20.9 Å². The summed E-state index contributed by atoms with van der Waals surface area (Å²) in [6.45, 7) is 7.74. The summed E-state index contributed by atoms with van der Waals surface area (Å²) in [5.74, 6) is 0. The molecule has 2 aromatic rings. The number of benzene rings is 2. The molecule has 0 fully saturated rings. The molecule has 23 heavy (non-hydrogen) atoms. The van der Waals surface area contributed by atoms with Crippen molar-refractivity contribution in [2.24, 2.45) is 0 Å². The van der Waals surface area contributed by atoms with Crippen molar-refractivity contribution in [1.29, 1.82) is 0 Å². The summed E-state index contributed by atoms with van der Waals surface area (Å²) < 4.78 is 19.3. The monoisotopic (exact) mass is 338 g/mol. The zero-order chi connectivity index (χ0) is 18.0. The molecule has 0 spiro atoms. The standard InChI is InChI=1S/C7H8.C6H6.C3H9O3P.C3H8/c1-7-5-3-2-4-6-7;1-2-4-6-5-3-1;1-5-7(3,4)6-2;1-3-2/h2-6H,1H3;1-6H;1-3H3;3H2,1-2H3. The van der Waals surface area contributed by atoms with E-state index in [1.807, 2.05) is 54.6 Å². The Balaban J connectivity index is 0. The maximum Gasteiger partial charge on any atom is 0.327 e. The summed E-state index contributed by atoms with van der Waals surface area (Å²) in [7, 11) is 0.0486. The van der Waals surface area contributed by atoms with Crippen LogP contribution in [0.5, 0.6) is 0 Å². The van der Waals surface area contributed by atoms with Gasteiger partial charge in [0.05, 0.1) is 0 Å². The van der Waals surface area contributed by atoms with Gasteiger partial charge in [-0.15, -0.1) is 0 Å². The lowest BCUT2D eigenvalue weighted by Crippen LogP contribution is -1.82. The van der Waals surface area contributed by atoms with E-state index in [0.29, 0.717) is 0 Å². The lowest BCUT2D eigenvalue weighted by Gasteiger charge is -2.04. The predicted molar refractivity (Wildman–Crippen MR) is 101 cm³/mol. The number of hydrogen-bond donors (Lipinski definition) is 0. The third kappa shape index (κ3) is 20.6. The molecule has 130 valence electrons. The van der Waals surface area contributed by atoms with Crippen molar-refractivity contribution in [3.8, 4) is 0 Å². The van der Waals surface area contributed by atoms with E-state index in [0.717, 1.165) is 0 Å². The molecule has 0 radical (unpaired) electrons. The average molecular weight is 338 g/mol. The highest BCUT2D eigenvalue weighted by Crippen LogP contribution is 2.40. The van der Waals surface area contributed by atoms with E-state index in [-0.39, 0.29) is 0 Å². The number of aryl methyl sites for hydroxylation is 1. The van der Waals surface area contributed by atoms with Gasteiger partial charge < -0.3 is 9.05 Å². The van der Waals surface area contributed by atoms with Gasteiger partial charge >= 0.3 is 7.60 Å². The van der Waals surface area contributed by atoms with Gasteiger partial charge in [0.25, 0.3) is 0 Å². The quantitative estimate of drug-likeness (QED) is 0.612. The van der Waals surface area contributed by atoms with Crippen LogP contribution in [-0.4, -0.2) is 20.9 Å². The van der Waals surface area contributed by atoms with Crippen LogP contribution in [0.1, 0.15) is 25.8 Å². The molecule has 2 aromatic carbocycles. The molecule has 0 aromatic heterocycles. The largest absolute Gasteiger partial charge is 0.327 e. The minimum absolute atomic E-state index is 1.25. The maximum absolute atomic E-state index is 10.5. The molecule has 0 saturated carbocycles. The van der Waals surface area contributed by atoms with Crippen LogP contribution in [-0.2, 0) is 13.6 Å². The first-order chi connectivity index (χ1) is 10.9. The fourth-order valence-electron chi connectivity index (χ4n) is 0.994. The lowest BCUT2D eigenvalue weighted by atomic mass is 10.2. The molecule has 0 amide bonds. The van der Waals surface area contributed by atoms with Gasteiger partial charge in [-0.25, -0.2) is 0 Å². The number of hydrogen-bond acceptors (Lipinski definition) is 3.